The highest BCUT2D eigenvalue weighted by Crippen LogP contribution is 2.34. The van der Waals surface area contributed by atoms with Crippen molar-refractivity contribution in [2.45, 2.75) is 37.5 Å². The predicted octanol–water partition coefficient (Wildman–Crippen LogP) is 7.04. The van der Waals surface area contributed by atoms with Crippen molar-refractivity contribution in [2.24, 2.45) is 0 Å². The van der Waals surface area contributed by atoms with E-state index >= 15 is 0 Å². The average molecular weight is 465 g/mol. The number of likely N-dealkylation sites (tertiary alicyclic amines) is 1. The van der Waals surface area contributed by atoms with Gasteiger partial charge in [0.15, 0.2) is 5.58 Å². The van der Waals surface area contributed by atoms with E-state index in [2.05, 4.69) is 10.1 Å². The van der Waals surface area contributed by atoms with Crippen LogP contribution in [-0.2, 0) is 0 Å². The van der Waals surface area contributed by atoms with Gasteiger partial charge < -0.3 is 9.42 Å². The number of halogens is 3. The largest absolute Gasteiger partial charge is 0.356 e. The Morgan fingerprint density at radius 1 is 0.824 bits per heavy atom. The zero-order valence-electron chi connectivity index (χ0n) is 18.9. The zero-order chi connectivity index (χ0) is 23.5. The smallest absolute Gasteiger partial charge is 0.167 e. The Bertz CT molecular complexity index is 1180. The second kappa shape index (κ2) is 10.0. The minimum atomic E-state index is -0.272. The molecule has 0 radical (unpaired) electrons. The van der Waals surface area contributed by atoms with Gasteiger partial charge in [-0.3, -0.25) is 0 Å². The van der Waals surface area contributed by atoms with Gasteiger partial charge in [0.2, 0.25) is 0 Å². The second-order valence-corrected chi connectivity index (χ2v) is 9.12. The summed E-state index contributed by atoms with van der Waals surface area (Å²) in [5, 5.41) is 5.01. The summed E-state index contributed by atoms with van der Waals surface area (Å²) in [4.78, 5) is 2.45. The molecule has 0 spiro atoms. The quantitative estimate of drug-likeness (QED) is 0.294. The Kier molecular flexibility index (Phi) is 6.68. The normalized spacial score (nSPS) is 15.4. The number of piperidine rings is 1. The fraction of sp³-hybridized carbons (Fsp3) is 0.321. The fourth-order valence-electron chi connectivity index (χ4n) is 5.09. The monoisotopic (exact) mass is 464 g/mol. The Morgan fingerprint density at radius 3 is 2.03 bits per heavy atom. The van der Waals surface area contributed by atoms with Gasteiger partial charge in [0.25, 0.3) is 0 Å². The summed E-state index contributed by atoms with van der Waals surface area (Å²) in [6, 6.07) is 17.7. The van der Waals surface area contributed by atoms with Crippen molar-refractivity contribution < 1.29 is 17.7 Å². The second-order valence-electron chi connectivity index (χ2n) is 9.12. The molecule has 3 aromatic carbocycles. The third-order valence-corrected chi connectivity index (χ3v) is 6.95. The van der Waals surface area contributed by atoms with Crippen LogP contribution in [-0.4, -0.2) is 29.7 Å². The summed E-state index contributed by atoms with van der Waals surface area (Å²) in [7, 11) is 0. The van der Waals surface area contributed by atoms with E-state index in [1.807, 2.05) is 24.3 Å². The lowest BCUT2D eigenvalue weighted by Crippen LogP contribution is -2.34. The Morgan fingerprint density at radius 2 is 1.41 bits per heavy atom. The molecule has 1 aliphatic rings. The van der Waals surface area contributed by atoms with Gasteiger partial charge in [-0.15, -0.1) is 0 Å². The molecule has 0 bridgehead atoms. The van der Waals surface area contributed by atoms with E-state index in [0.717, 1.165) is 67.5 Å². The lowest BCUT2D eigenvalue weighted by molar-refractivity contribution is 0.205. The number of nitrogens with zero attached hydrogens (tertiary/aromatic N) is 2. The molecule has 0 N–H and O–H groups in total. The predicted molar refractivity (Wildman–Crippen MR) is 126 cm³/mol. The number of aromatic nitrogens is 1. The van der Waals surface area contributed by atoms with Gasteiger partial charge in [0.1, 0.15) is 17.5 Å². The molecule has 6 heteroatoms. The third kappa shape index (κ3) is 5.02. The molecule has 5 rings (SSSR count). The molecule has 34 heavy (non-hydrogen) atoms. The van der Waals surface area contributed by atoms with Gasteiger partial charge in [0.05, 0.1) is 5.69 Å². The van der Waals surface area contributed by atoms with Gasteiger partial charge >= 0.3 is 0 Å². The van der Waals surface area contributed by atoms with Crippen LogP contribution in [0.15, 0.2) is 71.3 Å². The van der Waals surface area contributed by atoms with Crippen molar-refractivity contribution in [1.29, 1.82) is 0 Å². The van der Waals surface area contributed by atoms with E-state index in [9.17, 15) is 13.2 Å². The van der Waals surface area contributed by atoms with Crippen molar-refractivity contribution in [2.75, 3.05) is 19.6 Å². The van der Waals surface area contributed by atoms with E-state index in [4.69, 9.17) is 4.52 Å². The molecule has 4 aromatic rings. The highest BCUT2D eigenvalue weighted by atomic mass is 19.1. The Labute approximate surface area is 197 Å². The van der Waals surface area contributed by atoms with Gasteiger partial charge in [-0.1, -0.05) is 29.4 Å². The first-order valence-electron chi connectivity index (χ1n) is 11.8. The minimum Gasteiger partial charge on any atom is -0.356 e. The molecular formula is C28H27F3N2O. The lowest BCUT2D eigenvalue weighted by Gasteiger charge is -2.31. The van der Waals surface area contributed by atoms with Crippen LogP contribution < -0.4 is 0 Å². The van der Waals surface area contributed by atoms with Crippen LogP contribution >= 0.6 is 0 Å². The SMILES string of the molecule is Fc1ccc(C(CCCN2CCC(c3noc4ccc(F)cc34)CC2)c2ccc(F)cc2)cc1. The van der Waals surface area contributed by atoms with Gasteiger partial charge in [-0.25, -0.2) is 13.2 Å². The molecule has 176 valence electrons. The van der Waals surface area contributed by atoms with E-state index < -0.39 is 0 Å². The molecule has 0 amide bonds. The van der Waals surface area contributed by atoms with Gasteiger partial charge in [0, 0.05) is 17.2 Å². The van der Waals surface area contributed by atoms with Crippen molar-refractivity contribution in [3.8, 4) is 0 Å². The summed E-state index contributed by atoms with van der Waals surface area (Å²) in [6.45, 7) is 2.86. The fourth-order valence-corrected chi connectivity index (χ4v) is 5.09. The van der Waals surface area contributed by atoms with Crippen molar-refractivity contribution in [3.05, 3.63) is 101 Å². The molecule has 3 nitrogen and oxygen atoms in total. The van der Waals surface area contributed by atoms with Crippen LogP contribution in [0.1, 0.15) is 54.3 Å². The highest BCUT2D eigenvalue weighted by molar-refractivity contribution is 5.79. The number of rotatable bonds is 7. The molecule has 0 unspecified atom stereocenters. The summed E-state index contributed by atoms with van der Waals surface area (Å²) < 4.78 is 46.0. The number of fused-ring (bicyclic) bond motifs is 1. The summed E-state index contributed by atoms with van der Waals surface area (Å²) in [6.07, 6.45) is 3.78. The molecule has 1 fully saturated rings. The van der Waals surface area contributed by atoms with Crippen molar-refractivity contribution >= 4 is 11.0 Å². The molecule has 0 atom stereocenters. The van der Waals surface area contributed by atoms with E-state index in [0.29, 0.717) is 5.58 Å². The molecule has 0 saturated carbocycles. The van der Waals surface area contributed by atoms with Crippen LogP contribution in [0, 0.1) is 17.5 Å². The third-order valence-electron chi connectivity index (χ3n) is 6.95. The molecule has 0 aliphatic carbocycles. The summed E-state index contributed by atoms with van der Waals surface area (Å²) >= 11 is 0. The van der Waals surface area contributed by atoms with Crippen molar-refractivity contribution in [1.82, 2.24) is 10.1 Å². The van der Waals surface area contributed by atoms with Crippen LogP contribution in [0.4, 0.5) is 13.2 Å². The van der Waals surface area contributed by atoms with Gasteiger partial charge in [-0.2, -0.15) is 0 Å². The maximum absolute atomic E-state index is 13.7. The maximum Gasteiger partial charge on any atom is 0.167 e. The molecule has 1 aliphatic heterocycles. The standard InChI is InChI=1S/C28H27F3N2O/c29-22-7-3-19(4-8-22)25(20-5-9-23(30)10-6-20)2-1-15-33-16-13-21(14-17-33)28-26-18-24(31)11-12-27(26)34-32-28/h3-12,18,21,25H,1-2,13-17H2. The Balaban J connectivity index is 1.19. The van der Waals surface area contributed by atoms with E-state index in [-0.39, 0.29) is 29.3 Å². The maximum atomic E-state index is 13.7. The number of hydrogen-bond donors (Lipinski definition) is 0. The Hall–Kier alpha value is -3.12. The first kappa shape index (κ1) is 22.7. The van der Waals surface area contributed by atoms with Crippen molar-refractivity contribution in [3.63, 3.8) is 0 Å². The zero-order valence-corrected chi connectivity index (χ0v) is 18.9. The lowest BCUT2D eigenvalue weighted by atomic mass is 9.87. The summed E-state index contributed by atoms with van der Waals surface area (Å²) in [5.74, 6) is -0.425. The van der Waals surface area contributed by atoms with Crippen LogP contribution in [0.3, 0.4) is 0 Å². The number of benzene rings is 3. The number of hydrogen-bond acceptors (Lipinski definition) is 3. The summed E-state index contributed by atoms with van der Waals surface area (Å²) in [5.41, 5.74) is 3.57. The molecule has 2 heterocycles. The first-order chi connectivity index (χ1) is 16.6. The van der Waals surface area contributed by atoms with E-state index in [1.54, 1.807) is 6.07 Å². The van der Waals surface area contributed by atoms with Gasteiger partial charge in [-0.05, 0) is 98.9 Å². The minimum absolute atomic E-state index is 0.0927. The van der Waals surface area contributed by atoms with Crippen LogP contribution in [0.25, 0.3) is 11.0 Å². The topological polar surface area (TPSA) is 29.3 Å². The highest BCUT2D eigenvalue weighted by Gasteiger charge is 2.25. The van der Waals surface area contributed by atoms with Crippen LogP contribution in [0.2, 0.25) is 0 Å². The first-order valence-corrected chi connectivity index (χ1v) is 11.8. The molecule has 1 saturated heterocycles. The average Bonchev–Trinajstić information content (AvgIpc) is 3.27. The van der Waals surface area contributed by atoms with E-state index in [1.165, 1.54) is 36.4 Å². The van der Waals surface area contributed by atoms with Crippen LogP contribution in [0.5, 0.6) is 0 Å². The molecular weight excluding hydrogens is 437 g/mol. The molecule has 1 aromatic heterocycles.